The van der Waals surface area contributed by atoms with Crippen LogP contribution in [-0.2, 0) is 18.9 Å². The van der Waals surface area contributed by atoms with E-state index in [1.54, 1.807) is 70.6 Å². The van der Waals surface area contributed by atoms with Crippen molar-refractivity contribution in [3.63, 3.8) is 0 Å². The fourth-order valence-corrected chi connectivity index (χ4v) is 18.7. The molecule has 4 heteroatoms. The van der Waals surface area contributed by atoms with Crippen LogP contribution < -0.4 is 0 Å². The van der Waals surface area contributed by atoms with Gasteiger partial charge in [-0.25, -0.2) is 0 Å². The van der Waals surface area contributed by atoms with E-state index < -0.39 is 0 Å². The van der Waals surface area contributed by atoms with E-state index in [1.807, 2.05) is 0 Å². The minimum Gasteiger partial charge on any atom is -0.380 e. The molecular formula is C76H140O4. The predicted octanol–water partition coefficient (Wildman–Crippen LogP) is 22.5. The first-order chi connectivity index (χ1) is 37.6. The van der Waals surface area contributed by atoms with Gasteiger partial charge in [-0.05, 0) is 298 Å². The van der Waals surface area contributed by atoms with Crippen molar-refractivity contribution in [1.29, 1.82) is 0 Å². The Morgan fingerprint density at radius 3 is 0.988 bits per heavy atom. The standard InChI is InChI=1S/C12H22O.2C11H20O.C11H20.C10H18O.2C10H18.CH4/c1-10(2)11-4-7-12(8-5-11)6-3-9-13-12;1-9(2)10-3-5-11(6-4-10)7-12-8-11;1-9(2)10-3-5-11(6-4-10)7-8-12-11;1-9(2)10-5-3-4-6-11(10)7-8-11;1-8(2)9-3-6-11-10(7-9)4-5-10;2*1-8(2)9-6-10(7-9)4-3-5-10;/h10-11H,3-9H2,1-2H3;2*9-10H,3-8H2,1-2H3;9-10H,3-8H2,1-2H3;8-9H,3-7H2,1-2H3;2*8-9H,3-7H2,1-2H3;1H4. The molecule has 0 aromatic carbocycles. The molecule has 0 radical (unpaired) electrons. The lowest BCUT2D eigenvalue weighted by atomic mass is 9.50. The highest BCUT2D eigenvalue weighted by Gasteiger charge is 2.52. The molecule has 4 saturated heterocycles. The van der Waals surface area contributed by atoms with Crippen molar-refractivity contribution in [3.05, 3.63) is 0 Å². The van der Waals surface area contributed by atoms with Gasteiger partial charge in [0.25, 0.3) is 0 Å². The second kappa shape index (κ2) is 29.2. The van der Waals surface area contributed by atoms with E-state index in [9.17, 15) is 0 Å². The molecule has 10 aliphatic carbocycles. The van der Waals surface area contributed by atoms with Crippen LogP contribution in [0, 0.1) is 105 Å². The van der Waals surface area contributed by atoms with Gasteiger partial charge in [0.15, 0.2) is 0 Å². The first kappa shape index (κ1) is 67.3. The van der Waals surface area contributed by atoms with Gasteiger partial charge >= 0.3 is 0 Å². The summed E-state index contributed by atoms with van der Waals surface area (Å²) in [5.41, 5.74) is 4.39. The Labute approximate surface area is 500 Å². The molecule has 7 spiro atoms. The van der Waals surface area contributed by atoms with Gasteiger partial charge in [0.2, 0.25) is 0 Å². The fraction of sp³-hybridized carbons (Fsp3) is 1.00. The zero-order valence-corrected chi connectivity index (χ0v) is 55.5. The van der Waals surface area contributed by atoms with Crippen LogP contribution >= 0.6 is 0 Å². The minimum absolute atomic E-state index is 0. The van der Waals surface area contributed by atoms with Crippen LogP contribution in [0.2, 0.25) is 0 Å². The summed E-state index contributed by atoms with van der Waals surface area (Å²) >= 11 is 0. The third kappa shape index (κ3) is 17.8. The van der Waals surface area contributed by atoms with Gasteiger partial charge in [0, 0.05) is 18.6 Å². The van der Waals surface area contributed by atoms with Gasteiger partial charge in [0.05, 0.1) is 36.6 Å². The average molecular weight is 1120 g/mol. The summed E-state index contributed by atoms with van der Waals surface area (Å²) in [4.78, 5) is 0. The molecule has 80 heavy (non-hydrogen) atoms. The molecule has 0 amide bonds. The summed E-state index contributed by atoms with van der Waals surface area (Å²) in [6, 6.07) is 0. The summed E-state index contributed by atoms with van der Waals surface area (Å²) in [6.45, 7) is 38.3. The predicted molar refractivity (Wildman–Crippen MR) is 343 cm³/mol. The Balaban J connectivity index is 0.000000135. The second-order valence-electron chi connectivity index (χ2n) is 34.2. The summed E-state index contributed by atoms with van der Waals surface area (Å²) in [6.07, 6.45) is 50.6. The lowest BCUT2D eigenvalue weighted by Crippen LogP contribution is -2.46. The molecule has 4 aliphatic heterocycles. The molecular weight excluding hydrogens is 977 g/mol. The summed E-state index contributed by atoms with van der Waals surface area (Å²) in [5, 5.41) is 0. The van der Waals surface area contributed by atoms with E-state index in [1.165, 1.54) is 154 Å². The molecule has 14 fully saturated rings. The number of hydrogen-bond acceptors (Lipinski definition) is 4. The Kier molecular flexibility index (Phi) is 24.6. The molecule has 0 bridgehead atoms. The molecule has 0 N–H and O–H groups in total. The minimum atomic E-state index is 0. The van der Waals surface area contributed by atoms with Crippen LogP contribution in [0.3, 0.4) is 0 Å². The van der Waals surface area contributed by atoms with Crippen LogP contribution in [0.25, 0.3) is 0 Å². The van der Waals surface area contributed by atoms with Gasteiger partial charge in [-0.2, -0.15) is 0 Å². The van der Waals surface area contributed by atoms with Crippen molar-refractivity contribution in [2.75, 3.05) is 33.0 Å². The van der Waals surface area contributed by atoms with Gasteiger partial charge in [-0.1, -0.05) is 130 Å². The highest BCUT2D eigenvalue weighted by Crippen LogP contribution is 2.63. The Morgan fingerprint density at radius 2 is 0.688 bits per heavy atom. The number of rotatable bonds is 7. The van der Waals surface area contributed by atoms with Crippen molar-refractivity contribution >= 4 is 0 Å². The topological polar surface area (TPSA) is 36.9 Å². The largest absolute Gasteiger partial charge is 0.380 e. The molecule has 4 nitrogen and oxygen atoms in total. The maximum atomic E-state index is 5.91. The van der Waals surface area contributed by atoms with Crippen molar-refractivity contribution < 1.29 is 18.9 Å². The Morgan fingerprint density at radius 1 is 0.275 bits per heavy atom. The van der Waals surface area contributed by atoms with E-state index in [4.69, 9.17) is 18.9 Å². The molecule has 2 unspecified atom stereocenters. The number of hydrogen-bond donors (Lipinski definition) is 0. The van der Waals surface area contributed by atoms with Gasteiger partial charge in [-0.15, -0.1) is 0 Å². The third-order valence-corrected chi connectivity index (χ3v) is 26.5. The van der Waals surface area contributed by atoms with E-state index in [-0.39, 0.29) is 7.43 Å². The summed E-state index contributed by atoms with van der Waals surface area (Å²) in [5.74, 6) is 13.5. The van der Waals surface area contributed by atoms with Crippen molar-refractivity contribution in [2.45, 2.75) is 346 Å². The van der Waals surface area contributed by atoms with Crippen LogP contribution in [0.5, 0.6) is 0 Å². The zero-order valence-electron chi connectivity index (χ0n) is 55.5. The van der Waals surface area contributed by atoms with Gasteiger partial charge in [-0.3, -0.25) is 0 Å². The smallest absolute Gasteiger partial charge is 0.0704 e. The van der Waals surface area contributed by atoms with Crippen LogP contribution in [-0.4, -0.2) is 49.8 Å². The van der Waals surface area contributed by atoms with Gasteiger partial charge in [0.1, 0.15) is 0 Å². The SMILES string of the molecule is C.CC(C)C1CC2(CCC2)C1.CC(C)C1CC2(CCC2)C1.CC(C)C1CCC2(CC1)COC2.CC(C)C1CCC2(CCCO2)CC1.CC(C)C1CCC2(CCO2)CC1.CC(C)C1CCCCC12CC2.CC(C)C1CCOC2(CC2)C1. The van der Waals surface area contributed by atoms with Crippen LogP contribution in [0.1, 0.15) is 329 Å². The van der Waals surface area contributed by atoms with Crippen LogP contribution in [0.4, 0.5) is 0 Å². The maximum absolute atomic E-state index is 5.91. The first-order valence-corrected chi connectivity index (χ1v) is 36.1. The normalized spacial score (nSPS) is 33.3. The monoisotopic (exact) mass is 1120 g/mol. The zero-order chi connectivity index (χ0) is 56.7. The maximum Gasteiger partial charge on any atom is 0.0704 e. The molecule has 0 aromatic rings. The molecule has 0 aromatic heterocycles. The van der Waals surface area contributed by atoms with Crippen LogP contribution in [0.15, 0.2) is 0 Å². The van der Waals surface area contributed by atoms with E-state index >= 15 is 0 Å². The first-order valence-electron chi connectivity index (χ1n) is 36.1. The molecule has 2 atom stereocenters. The highest BCUT2D eigenvalue weighted by molar-refractivity contribution is 5.03. The second-order valence-corrected chi connectivity index (χ2v) is 34.2. The molecule has 10 saturated carbocycles. The van der Waals surface area contributed by atoms with Gasteiger partial charge < -0.3 is 18.9 Å². The van der Waals surface area contributed by atoms with Crippen molar-refractivity contribution in [1.82, 2.24) is 0 Å². The quantitative estimate of drug-likeness (QED) is 0.255. The highest BCUT2D eigenvalue weighted by atomic mass is 16.5. The molecule has 4 heterocycles. The summed E-state index contributed by atoms with van der Waals surface area (Å²) in [7, 11) is 0. The third-order valence-electron chi connectivity index (χ3n) is 26.5. The molecule has 14 rings (SSSR count). The Bertz CT molecular complexity index is 1640. The lowest BCUT2D eigenvalue weighted by molar-refractivity contribution is -0.171. The Hall–Kier alpha value is -0.160. The van der Waals surface area contributed by atoms with E-state index in [0.717, 1.165) is 132 Å². The fourth-order valence-electron chi connectivity index (χ4n) is 18.7. The van der Waals surface area contributed by atoms with E-state index in [0.29, 0.717) is 22.2 Å². The van der Waals surface area contributed by atoms with E-state index in [2.05, 4.69) is 96.9 Å². The molecule has 468 valence electrons. The lowest BCUT2D eigenvalue weighted by Gasteiger charge is -2.55. The van der Waals surface area contributed by atoms with Crippen molar-refractivity contribution in [3.8, 4) is 0 Å². The number of ether oxygens (including phenoxy) is 4. The average Bonchev–Trinajstić information content (AvgIpc) is 4.25. The van der Waals surface area contributed by atoms with Crippen molar-refractivity contribution in [2.24, 2.45) is 105 Å². The summed E-state index contributed by atoms with van der Waals surface area (Å²) < 4.78 is 22.7. The molecule has 14 aliphatic rings.